The van der Waals surface area contributed by atoms with E-state index in [1.165, 1.54) is 11.8 Å². The van der Waals surface area contributed by atoms with Gasteiger partial charge in [0.1, 0.15) is 17.6 Å². The first-order valence-corrected chi connectivity index (χ1v) is 12.3. The van der Waals surface area contributed by atoms with Crippen LogP contribution in [-0.4, -0.2) is 83.8 Å². The van der Waals surface area contributed by atoms with Crippen LogP contribution in [0, 0.1) is 5.92 Å². The number of aliphatic hydroxyl groups is 2. The van der Waals surface area contributed by atoms with Crippen LogP contribution in [0.25, 0.3) is 0 Å². The second kappa shape index (κ2) is 12.7. The van der Waals surface area contributed by atoms with Gasteiger partial charge < -0.3 is 30.3 Å². The van der Waals surface area contributed by atoms with Crippen LogP contribution in [-0.2, 0) is 14.3 Å². The molecule has 0 aromatic heterocycles. The van der Waals surface area contributed by atoms with E-state index in [9.17, 15) is 15.0 Å². The number of carbonyl (C=O) groups excluding carboxylic acids is 1. The summed E-state index contributed by atoms with van der Waals surface area (Å²) < 4.78 is 11.1. The van der Waals surface area contributed by atoms with Gasteiger partial charge in [0.15, 0.2) is 0 Å². The molecule has 2 aliphatic rings. The van der Waals surface area contributed by atoms with Crippen LogP contribution in [0.1, 0.15) is 45.4 Å². The monoisotopic (exact) mass is 452 g/mol. The van der Waals surface area contributed by atoms with Crippen molar-refractivity contribution < 1.29 is 24.5 Å². The van der Waals surface area contributed by atoms with Crippen molar-refractivity contribution in [2.75, 3.05) is 26.5 Å². The Morgan fingerprint density at radius 3 is 2.79 bits per heavy atom. The van der Waals surface area contributed by atoms with E-state index in [1.807, 2.05) is 6.26 Å². The molecule has 170 valence electrons. The number of amides is 1. The largest absolute Gasteiger partial charge is 0.390 e. The summed E-state index contributed by atoms with van der Waals surface area (Å²) in [5.41, 5.74) is -0.239. The fourth-order valence-corrected chi connectivity index (χ4v) is 5.01. The molecular formula is C20H37ClN2O5S. The third kappa shape index (κ3) is 7.52. The molecule has 2 fully saturated rings. The topological polar surface area (TPSA) is 100 Å². The van der Waals surface area contributed by atoms with E-state index in [-0.39, 0.29) is 17.4 Å². The molecule has 2 heterocycles. The summed E-state index contributed by atoms with van der Waals surface area (Å²) in [5, 5.41) is 26.5. The van der Waals surface area contributed by atoms with E-state index >= 15 is 0 Å². The molecule has 4 N–H and O–H groups in total. The first kappa shape index (κ1) is 25.2. The molecule has 2 rings (SSSR count). The Morgan fingerprint density at radius 2 is 2.14 bits per heavy atom. The Morgan fingerprint density at radius 1 is 1.38 bits per heavy atom. The third-order valence-electron chi connectivity index (χ3n) is 5.98. The van der Waals surface area contributed by atoms with Crippen LogP contribution < -0.4 is 10.6 Å². The lowest BCUT2D eigenvalue weighted by atomic mass is 9.93. The first-order chi connectivity index (χ1) is 13.9. The lowest BCUT2D eigenvalue weighted by Crippen LogP contribution is -2.61. The summed E-state index contributed by atoms with van der Waals surface area (Å²) in [6.07, 6.45) is 4.47. The average Bonchev–Trinajstić information content (AvgIpc) is 2.94. The van der Waals surface area contributed by atoms with E-state index in [2.05, 4.69) is 10.6 Å². The van der Waals surface area contributed by atoms with Gasteiger partial charge in [-0.3, -0.25) is 4.79 Å². The van der Waals surface area contributed by atoms with Crippen molar-refractivity contribution >= 4 is 29.3 Å². The number of rotatable bonds is 9. The fourth-order valence-electron chi connectivity index (χ4n) is 4.18. The molecule has 0 aromatic rings. The normalized spacial score (nSPS) is 35.5. The third-order valence-corrected chi connectivity index (χ3v) is 7.08. The molecule has 0 spiro atoms. The highest BCUT2D eigenvalue weighted by molar-refractivity contribution is 7.99. The molecule has 2 saturated heterocycles. The van der Waals surface area contributed by atoms with Crippen molar-refractivity contribution in [3.8, 4) is 0 Å². The van der Waals surface area contributed by atoms with Crippen LogP contribution >= 0.6 is 23.4 Å². The predicted octanol–water partition coefficient (Wildman–Crippen LogP) is 1.48. The van der Waals surface area contributed by atoms with E-state index < -0.39 is 29.7 Å². The maximum absolute atomic E-state index is 13.0. The lowest BCUT2D eigenvalue weighted by Gasteiger charge is -2.41. The summed E-state index contributed by atoms with van der Waals surface area (Å²) in [5.74, 6) is 0.468. The number of aliphatic hydroxyl groups excluding tert-OH is 2. The maximum Gasteiger partial charge on any atom is 0.237 e. The Kier molecular flexibility index (Phi) is 11.0. The molecule has 29 heavy (non-hydrogen) atoms. The van der Waals surface area contributed by atoms with Crippen molar-refractivity contribution in [1.29, 1.82) is 0 Å². The van der Waals surface area contributed by atoms with Gasteiger partial charge in [-0.15, -0.1) is 23.4 Å². The number of methoxy groups -OCH3 is 1. The number of hydrogen-bond donors (Lipinski definition) is 4. The Labute approximate surface area is 183 Å². The molecule has 0 radical (unpaired) electrons. The average molecular weight is 453 g/mol. The van der Waals surface area contributed by atoms with Crippen molar-refractivity contribution in [3.63, 3.8) is 0 Å². The van der Waals surface area contributed by atoms with Gasteiger partial charge in [0.2, 0.25) is 5.91 Å². The standard InChI is InChI=1S/C20H37ClN2O5S/c1-12(21)17(19-18(25)15(24)11-16(28-19)29-3)23-20(26)14-7-6-13(8-9-22-14)5-4-10-27-2/h12-19,22,24-25H,4-11H2,1-3H3,(H,23,26). The second-order valence-corrected chi connectivity index (χ2v) is 9.83. The minimum Gasteiger partial charge on any atom is -0.390 e. The van der Waals surface area contributed by atoms with Crippen LogP contribution in [0.15, 0.2) is 0 Å². The number of ether oxygens (including phenoxy) is 2. The SMILES string of the molecule is COCCCC1CCNC(C(=O)NC(C(C)Cl)C2OC(SC)CC(O)C2O)CC1. The van der Waals surface area contributed by atoms with Crippen molar-refractivity contribution in [2.24, 2.45) is 5.92 Å². The van der Waals surface area contributed by atoms with Gasteiger partial charge in [0, 0.05) is 20.1 Å². The van der Waals surface area contributed by atoms with Crippen molar-refractivity contribution in [3.05, 3.63) is 0 Å². The Balaban J connectivity index is 1.95. The lowest BCUT2D eigenvalue weighted by molar-refractivity contribution is -0.158. The van der Waals surface area contributed by atoms with E-state index in [0.717, 1.165) is 45.3 Å². The summed E-state index contributed by atoms with van der Waals surface area (Å²) in [4.78, 5) is 13.0. The zero-order chi connectivity index (χ0) is 21.4. The second-order valence-electron chi connectivity index (χ2n) is 8.15. The number of alkyl halides is 1. The Hall–Kier alpha value is -0.0900. The van der Waals surface area contributed by atoms with Crippen LogP contribution in [0.3, 0.4) is 0 Å². The number of nitrogens with one attached hydrogen (secondary N) is 2. The molecule has 9 heteroatoms. The quantitative estimate of drug-likeness (QED) is 0.310. The minimum atomic E-state index is -1.09. The maximum atomic E-state index is 13.0. The summed E-state index contributed by atoms with van der Waals surface area (Å²) in [6, 6.07) is -0.881. The summed E-state index contributed by atoms with van der Waals surface area (Å²) in [6.45, 7) is 3.34. The van der Waals surface area contributed by atoms with Gasteiger partial charge in [0.05, 0.1) is 23.6 Å². The van der Waals surface area contributed by atoms with Crippen molar-refractivity contribution in [2.45, 2.75) is 86.7 Å². The molecule has 1 amide bonds. The molecule has 8 unspecified atom stereocenters. The van der Waals surface area contributed by atoms with Gasteiger partial charge in [-0.05, 0) is 57.7 Å². The highest BCUT2D eigenvalue weighted by atomic mass is 35.5. The highest BCUT2D eigenvalue weighted by Crippen LogP contribution is 2.30. The van der Waals surface area contributed by atoms with E-state index in [0.29, 0.717) is 12.3 Å². The van der Waals surface area contributed by atoms with Crippen LogP contribution in [0.2, 0.25) is 0 Å². The molecule has 0 bridgehead atoms. The smallest absolute Gasteiger partial charge is 0.237 e. The predicted molar refractivity (Wildman–Crippen MR) is 116 cm³/mol. The summed E-state index contributed by atoms with van der Waals surface area (Å²) in [7, 11) is 1.72. The van der Waals surface area contributed by atoms with Gasteiger partial charge in [-0.2, -0.15) is 0 Å². The molecule has 2 aliphatic heterocycles. The number of carbonyl (C=O) groups is 1. The van der Waals surface area contributed by atoms with Gasteiger partial charge in [-0.1, -0.05) is 0 Å². The number of thioether (sulfide) groups is 1. The van der Waals surface area contributed by atoms with E-state index in [1.54, 1.807) is 14.0 Å². The zero-order valence-corrected chi connectivity index (χ0v) is 19.3. The fraction of sp³-hybridized carbons (Fsp3) is 0.950. The first-order valence-electron chi connectivity index (χ1n) is 10.6. The van der Waals surface area contributed by atoms with Crippen molar-refractivity contribution in [1.82, 2.24) is 10.6 Å². The summed E-state index contributed by atoms with van der Waals surface area (Å²) >= 11 is 7.84. The molecule has 0 saturated carbocycles. The zero-order valence-electron chi connectivity index (χ0n) is 17.7. The molecule has 8 atom stereocenters. The van der Waals surface area contributed by atoms with E-state index in [4.69, 9.17) is 21.1 Å². The van der Waals surface area contributed by atoms with Crippen LogP contribution in [0.4, 0.5) is 0 Å². The number of hydrogen-bond acceptors (Lipinski definition) is 7. The highest BCUT2D eigenvalue weighted by Gasteiger charge is 2.43. The van der Waals surface area contributed by atoms with Gasteiger partial charge in [0.25, 0.3) is 0 Å². The minimum absolute atomic E-state index is 0.128. The molecule has 0 aliphatic carbocycles. The van der Waals surface area contributed by atoms with Crippen LogP contribution in [0.5, 0.6) is 0 Å². The molecule has 7 nitrogen and oxygen atoms in total. The molecule has 0 aromatic carbocycles. The van der Waals surface area contributed by atoms with Gasteiger partial charge in [-0.25, -0.2) is 0 Å². The number of halogens is 1. The Bertz CT molecular complexity index is 501. The van der Waals surface area contributed by atoms with Gasteiger partial charge >= 0.3 is 0 Å². The molecular weight excluding hydrogens is 416 g/mol.